The molecule has 0 aromatic heterocycles. The first-order chi connectivity index (χ1) is 16.1. The van der Waals surface area contributed by atoms with Gasteiger partial charge in [0, 0.05) is 25.7 Å². The highest BCUT2D eigenvalue weighted by molar-refractivity contribution is 5.45. The molecule has 0 aliphatic carbocycles. The van der Waals surface area contributed by atoms with E-state index in [9.17, 15) is 5.26 Å². The molecule has 0 radical (unpaired) electrons. The van der Waals surface area contributed by atoms with Gasteiger partial charge >= 0.3 is 0 Å². The summed E-state index contributed by atoms with van der Waals surface area (Å²) >= 11 is 0. The maximum Gasteiger partial charge on any atom is 0.107 e. The lowest BCUT2D eigenvalue weighted by Crippen LogP contribution is -3.00. The summed E-state index contributed by atoms with van der Waals surface area (Å²) in [6.45, 7) is 3.65. The Balaban J connectivity index is 0.00000324. The molecule has 2 aliphatic heterocycles. The Morgan fingerprint density at radius 3 is 1.82 bits per heavy atom. The van der Waals surface area contributed by atoms with Crippen LogP contribution in [0, 0.1) is 17.2 Å². The molecule has 184 valence electrons. The third-order valence-electron chi connectivity index (χ3n) is 9.02. The second kappa shape index (κ2) is 12.4. The van der Waals surface area contributed by atoms with Crippen LogP contribution in [0.25, 0.3) is 0 Å². The average molecular weight is 524 g/mol. The summed E-state index contributed by atoms with van der Waals surface area (Å²) < 4.78 is 1.31. The minimum Gasteiger partial charge on any atom is -1.00 e. The van der Waals surface area contributed by atoms with Gasteiger partial charge in [-0.1, -0.05) is 93.3 Å². The minimum atomic E-state index is -0.549. The summed E-state index contributed by atoms with van der Waals surface area (Å²) in [5.41, 5.74) is 1.76. The Bertz CT molecular complexity index is 851. The maximum absolute atomic E-state index is 10.6. The molecule has 2 unspecified atom stereocenters. The van der Waals surface area contributed by atoms with E-state index in [0.29, 0.717) is 5.92 Å². The highest BCUT2D eigenvalue weighted by atomic mass is 79.9. The molecule has 2 aromatic carbocycles. The predicted molar refractivity (Wildman–Crippen MR) is 138 cm³/mol. The fourth-order valence-electron chi connectivity index (χ4n) is 7.08. The molecule has 3 heteroatoms. The van der Waals surface area contributed by atoms with Gasteiger partial charge < -0.3 is 21.5 Å². The van der Waals surface area contributed by atoms with Gasteiger partial charge in [0.2, 0.25) is 0 Å². The first-order valence-electron chi connectivity index (χ1n) is 13.5. The Morgan fingerprint density at radius 2 is 1.32 bits per heavy atom. The van der Waals surface area contributed by atoms with Crippen LogP contribution in [-0.2, 0) is 5.41 Å². The van der Waals surface area contributed by atoms with Crippen molar-refractivity contribution in [3.05, 3.63) is 71.8 Å². The zero-order valence-electron chi connectivity index (χ0n) is 21.3. The fourth-order valence-corrected chi connectivity index (χ4v) is 7.08. The minimum absolute atomic E-state index is 0. The first-order valence-corrected chi connectivity index (χ1v) is 13.5. The van der Waals surface area contributed by atoms with Gasteiger partial charge in [-0.25, -0.2) is 0 Å². The predicted octanol–water partition coefficient (Wildman–Crippen LogP) is 4.64. The number of hydrogen-bond acceptors (Lipinski definition) is 1. The van der Waals surface area contributed by atoms with E-state index in [0.717, 1.165) is 29.6 Å². The van der Waals surface area contributed by atoms with Crippen LogP contribution >= 0.6 is 0 Å². The molecule has 2 aliphatic rings. The molecule has 0 amide bonds. The van der Waals surface area contributed by atoms with Gasteiger partial charge in [-0.2, -0.15) is 5.26 Å². The molecular formula is C31H43BrN2. The molecule has 2 bridgehead atoms. The van der Waals surface area contributed by atoms with Gasteiger partial charge in [0.05, 0.1) is 31.7 Å². The van der Waals surface area contributed by atoms with E-state index in [1.54, 1.807) is 0 Å². The van der Waals surface area contributed by atoms with E-state index in [-0.39, 0.29) is 17.0 Å². The van der Waals surface area contributed by atoms with Crippen molar-refractivity contribution in [3.63, 3.8) is 0 Å². The number of piperidine rings is 1. The standard InChI is InChI=1S/C31H43N2.BrH/c1-3-4-5-6-7-14-21-33(2)29-19-20-30(33)23-26(22-29)24-31(25-32,27-15-10-8-11-16-27)28-17-12-9-13-18-28;/h8-13,15-18,26,29-30H,3-7,14,19-24H2,1-2H3;1H/q+1;/p-1. The molecule has 4 rings (SSSR count). The van der Waals surface area contributed by atoms with Gasteiger partial charge in [0.25, 0.3) is 0 Å². The summed E-state index contributed by atoms with van der Waals surface area (Å²) in [6, 6.07) is 25.5. The molecule has 2 aromatic rings. The Morgan fingerprint density at radius 1 is 0.824 bits per heavy atom. The molecule has 2 saturated heterocycles. The van der Waals surface area contributed by atoms with Crippen molar-refractivity contribution in [1.82, 2.24) is 0 Å². The summed E-state index contributed by atoms with van der Waals surface area (Å²) in [4.78, 5) is 0. The van der Waals surface area contributed by atoms with Crippen LogP contribution in [0.5, 0.6) is 0 Å². The van der Waals surface area contributed by atoms with Crippen LogP contribution in [0.4, 0.5) is 0 Å². The topological polar surface area (TPSA) is 23.8 Å². The zero-order valence-corrected chi connectivity index (χ0v) is 22.8. The number of rotatable bonds is 11. The highest BCUT2D eigenvalue weighted by Crippen LogP contribution is 2.48. The monoisotopic (exact) mass is 522 g/mol. The third-order valence-corrected chi connectivity index (χ3v) is 9.02. The van der Waals surface area contributed by atoms with Crippen molar-refractivity contribution in [2.24, 2.45) is 5.92 Å². The fraction of sp³-hybridized carbons (Fsp3) is 0.581. The number of halogens is 1. The molecule has 2 heterocycles. The van der Waals surface area contributed by atoms with Crippen LogP contribution in [0.3, 0.4) is 0 Å². The van der Waals surface area contributed by atoms with E-state index in [2.05, 4.69) is 80.7 Å². The normalized spacial score (nSPS) is 26.0. The lowest BCUT2D eigenvalue weighted by atomic mass is 9.67. The number of nitrogens with zero attached hydrogens (tertiary/aromatic N) is 2. The van der Waals surface area contributed by atoms with Crippen molar-refractivity contribution in [1.29, 1.82) is 5.26 Å². The van der Waals surface area contributed by atoms with E-state index < -0.39 is 5.41 Å². The van der Waals surface area contributed by atoms with Crippen molar-refractivity contribution < 1.29 is 21.5 Å². The van der Waals surface area contributed by atoms with Crippen LogP contribution in [0.1, 0.15) is 88.7 Å². The number of quaternary nitrogens is 1. The number of hydrogen-bond donors (Lipinski definition) is 0. The van der Waals surface area contributed by atoms with Gasteiger partial charge in [-0.15, -0.1) is 0 Å². The molecule has 2 nitrogen and oxygen atoms in total. The summed E-state index contributed by atoms with van der Waals surface area (Å²) in [5, 5.41) is 10.6. The molecule has 34 heavy (non-hydrogen) atoms. The second-order valence-corrected chi connectivity index (χ2v) is 11.0. The second-order valence-electron chi connectivity index (χ2n) is 11.0. The van der Waals surface area contributed by atoms with Gasteiger partial charge in [-0.3, -0.25) is 0 Å². The lowest BCUT2D eigenvalue weighted by molar-refractivity contribution is -0.949. The molecular weight excluding hydrogens is 480 g/mol. The highest BCUT2D eigenvalue weighted by Gasteiger charge is 2.52. The summed E-state index contributed by atoms with van der Waals surface area (Å²) in [6.07, 6.45) is 14.6. The number of benzene rings is 2. The number of nitriles is 1. The van der Waals surface area contributed by atoms with E-state index in [1.807, 2.05) is 0 Å². The SMILES string of the molecule is CCCCCCCC[N+]1(C)C2CCC1CC(CC(C#N)(c1ccccc1)c1ccccc1)C2.[Br-]. The van der Waals surface area contributed by atoms with Crippen molar-refractivity contribution >= 4 is 0 Å². The van der Waals surface area contributed by atoms with Gasteiger partial charge in [-0.05, 0) is 36.3 Å². The molecule has 2 fully saturated rings. The summed E-state index contributed by atoms with van der Waals surface area (Å²) in [5.74, 6) is 0.623. The van der Waals surface area contributed by atoms with Gasteiger partial charge in [0.1, 0.15) is 5.41 Å². The third kappa shape index (κ3) is 5.60. The van der Waals surface area contributed by atoms with E-state index in [1.165, 1.54) is 75.2 Å². The van der Waals surface area contributed by atoms with Crippen LogP contribution < -0.4 is 17.0 Å². The molecule has 0 spiro atoms. The van der Waals surface area contributed by atoms with Crippen molar-refractivity contribution in [2.45, 2.75) is 95.1 Å². The quantitative estimate of drug-likeness (QED) is 0.311. The largest absolute Gasteiger partial charge is 1.00 e. The molecule has 0 N–H and O–H groups in total. The van der Waals surface area contributed by atoms with Crippen molar-refractivity contribution in [2.75, 3.05) is 13.6 Å². The number of unbranched alkanes of at least 4 members (excludes halogenated alkanes) is 5. The van der Waals surface area contributed by atoms with Crippen LogP contribution in [0.15, 0.2) is 60.7 Å². The van der Waals surface area contributed by atoms with Crippen LogP contribution in [-0.4, -0.2) is 30.2 Å². The molecule has 2 atom stereocenters. The van der Waals surface area contributed by atoms with E-state index in [4.69, 9.17) is 0 Å². The Labute approximate surface area is 218 Å². The lowest BCUT2D eigenvalue weighted by Gasteiger charge is -2.48. The zero-order chi connectivity index (χ0) is 23.2. The smallest absolute Gasteiger partial charge is 0.107 e. The maximum atomic E-state index is 10.6. The Hall–Kier alpha value is -1.63. The van der Waals surface area contributed by atoms with Crippen molar-refractivity contribution in [3.8, 4) is 6.07 Å². The average Bonchev–Trinajstić information content (AvgIpc) is 3.01. The first kappa shape index (κ1) is 27.0. The summed E-state index contributed by atoms with van der Waals surface area (Å²) in [7, 11) is 2.55. The van der Waals surface area contributed by atoms with E-state index >= 15 is 0 Å². The van der Waals surface area contributed by atoms with Crippen LogP contribution in [0.2, 0.25) is 0 Å². The molecule has 0 saturated carbocycles. The number of fused-ring (bicyclic) bond motifs is 2. The Kier molecular flexibility index (Phi) is 9.81. The van der Waals surface area contributed by atoms with Gasteiger partial charge in [0.15, 0.2) is 0 Å².